The first-order valence-electron chi connectivity index (χ1n) is 5.08. The lowest BCUT2D eigenvalue weighted by Gasteiger charge is -2.10. The van der Waals surface area contributed by atoms with Crippen LogP contribution < -0.4 is 11.1 Å². The number of aliphatic hydroxyl groups excluding tert-OH is 1. The van der Waals surface area contributed by atoms with Crippen molar-refractivity contribution in [1.29, 1.82) is 0 Å². The summed E-state index contributed by atoms with van der Waals surface area (Å²) in [7, 11) is 0. The van der Waals surface area contributed by atoms with Crippen LogP contribution in [0, 0.1) is 5.92 Å². The Kier molecular flexibility index (Phi) is 2.91. The lowest BCUT2D eigenvalue weighted by Crippen LogP contribution is -2.14. The van der Waals surface area contributed by atoms with Crippen molar-refractivity contribution in [2.24, 2.45) is 5.92 Å². The fourth-order valence-electron chi connectivity index (χ4n) is 1.38. The molecule has 0 aliphatic rings. The molecule has 1 aromatic heterocycles. The van der Waals surface area contributed by atoms with Gasteiger partial charge in [-0.1, -0.05) is 6.92 Å². The Balaban J connectivity index is 2.24. The van der Waals surface area contributed by atoms with E-state index in [0.29, 0.717) is 23.3 Å². The molecule has 0 saturated carbocycles. The van der Waals surface area contributed by atoms with Gasteiger partial charge in [0.05, 0.1) is 11.4 Å². The topological polar surface area (TPSA) is 97.2 Å². The Labute approximate surface area is 92.4 Å². The highest BCUT2D eigenvalue weighted by molar-refractivity contribution is 5.94. The number of benzene rings is 1. The smallest absolute Gasteiger partial charge is 0.160 e. The second-order valence-corrected chi connectivity index (χ2v) is 3.83. The summed E-state index contributed by atoms with van der Waals surface area (Å²) in [6.45, 7) is 2.74. The largest absolute Gasteiger partial charge is 0.397 e. The maximum absolute atomic E-state index is 8.92. The molecule has 6 nitrogen and oxygen atoms in total. The zero-order valence-electron chi connectivity index (χ0n) is 8.97. The van der Waals surface area contributed by atoms with E-state index in [4.69, 9.17) is 10.8 Å². The van der Waals surface area contributed by atoms with Crippen LogP contribution in [0.1, 0.15) is 6.92 Å². The molecule has 2 aromatic rings. The molecule has 1 heterocycles. The van der Waals surface area contributed by atoms with Gasteiger partial charge in [0.1, 0.15) is 0 Å². The van der Waals surface area contributed by atoms with E-state index in [1.807, 2.05) is 13.0 Å². The zero-order chi connectivity index (χ0) is 11.5. The number of aliphatic hydroxyl groups is 1. The molecule has 6 heteroatoms. The van der Waals surface area contributed by atoms with E-state index < -0.39 is 0 Å². The lowest BCUT2D eigenvalue weighted by atomic mass is 10.2. The monoisotopic (exact) mass is 222 g/mol. The van der Waals surface area contributed by atoms with Gasteiger partial charge >= 0.3 is 0 Å². The molecule has 0 aliphatic carbocycles. The number of aromatic nitrogens is 2. The average Bonchev–Trinajstić information content (AvgIpc) is 2.77. The van der Waals surface area contributed by atoms with E-state index in [9.17, 15) is 0 Å². The third-order valence-electron chi connectivity index (χ3n) is 2.40. The molecule has 1 aromatic carbocycles. The summed E-state index contributed by atoms with van der Waals surface area (Å²) in [6.07, 6.45) is 0. The number of anilines is 2. The van der Waals surface area contributed by atoms with Crippen molar-refractivity contribution in [1.82, 2.24) is 10.3 Å². The Morgan fingerprint density at radius 3 is 2.94 bits per heavy atom. The number of hydrogen-bond donors (Lipinski definition) is 3. The number of fused-ring (bicyclic) bond motifs is 1. The fourth-order valence-corrected chi connectivity index (χ4v) is 1.38. The minimum Gasteiger partial charge on any atom is -0.397 e. The average molecular weight is 222 g/mol. The number of rotatable bonds is 4. The molecule has 0 amide bonds. The van der Waals surface area contributed by atoms with Gasteiger partial charge in [0, 0.05) is 13.2 Å². The van der Waals surface area contributed by atoms with Gasteiger partial charge in [0.15, 0.2) is 11.0 Å². The first-order valence-corrected chi connectivity index (χ1v) is 5.08. The van der Waals surface area contributed by atoms with Crippen LogP contribution in [-0.4, -0.2) is 28.6 Å². The number of nitrogens with one attached hydrogen (secondary N) is 1. The second kappa shape index (κ2) is 4.36. The molecule has 86 valence electrons. The predicted octanol–water partition coefficient (Wildman–Crippen LogP) is 0.845. The number of nitrogen functional groups attached to an aromatic ring is 1. The van der Waals surface area contributed by atoms with E-state index in [-0.39, 0.29) is 12.5 Å². The van der Waals surface area contributed by atoms with E-state index in [0.717, 1.165) is 5.69 Å². The summed E-state index contributed by atoms with van der Waals surface area (Å²) < 4.78 is 4.65. The third kappa shape index (κ3) is 1.92. The maximum Gasteiger partial charge on any atom is 0.160 e. The van der Waals surface area contributed by atoms with Crippen LogP contribution in [0.15, 0.2) is 16.8 Å². The van der Waals surface area contributed by atoms with Crippen LogP contribution >= 0.6 is 0 Å². The Morgan fingerprint density at radius 2 is 2.19 bits per heavy atom. The van der Waals surface area contributed by atoms with E-state index >= 15 is 0 Å². The Hall–Kier alpha value is -1.82. The summed E-state index contributed by atoms with van der Waals surface area (Å²) in [5.74, 6) is 0.174. The summed E-state index contributed by atoms with van der Waals surface area (Å²) in [5, 5.41) is 19.6. The highest BCUT2D eigenvalue weighted by atomic mass is 16.6. The third-order valence-corrected chi connectivity index (χ3v) is 2.40. The normalized spacial score (nSPS) is 12.9. The quantitative estimate of drug-likeness (QED) is 0.663. The molecule has 2 rings (SSSR count). The van der Waals surface area contributed by atoms with Gasteiger partial charge in [-0.25, -0.2) is 4.63 Å². The number of nitrogens with zero attached hydrogens (tertiary/aromatic N) is 2. The van der Waals surface area contributed by atoms with Crippen molar-refractivity contribution in [2.45, 2.75) is 6.92 Å². The van der Waals surface area contributed by atoms with Crippen molar-refractivity contribution in [2.75, 3.05) is 24.2 Å². The predicted molar refractivity (Wildman–Crippen MR) is 61.0 cm³/mol. The highest BCUT2D eigenvalue weighted by Crippen LogP contribution is 2.25. The van der Waals surface area contributed by atoms with Crippen LogP contribution in [0.3, 0.4) is 0 Å². The van der Waals surface area contributed by atoms with Gasteiger partial charge in [-0.05, 0) is 28.4 Å². The molecule has 0 bridgehead atoms. The highest BCUT2D eigenvalue weighted by Gasteiger charge is 2.10. The molecular weight excluding hydrogens is 208 g/mol. The van der Waals surface area contributed by atoms with Gasteiger partial charge in [-0.15, -0.1) is 0 Å². The Bertz CT molecular complexity index is 483. The molecule has 0 radical (unpaired) electrons. The minimum absolute atomic E-state index is 0.141. The Morgan fingerprint density at radius 1 is 1.44 bits per heavy atom. The van der Waals surface area contributed by atoms with E-state index in [2.05, 4.69) is 20.3 Å². The van der Waals surface area contributed by atoms with E-state index in [1.165, 1.54) is 0 Å². The van der Waals surface area contributed by atoms with Gasteiger partial charge in [0.2, 0.25) is 0 Å². The van der Waals surface area contributed by atoms with Gasteiger partial charge in [0.25, 0.3) is 0 Å². The SMILES string of the molecule is CC(CO)CNc1ccc(N)c2nonc12. The van der Waals surface area contributed by atoms with Crippen LogP contribution in [0.4, 0.5) is 11.4 Å². The molecule has 0 spiro atoms. The molecule has 0 saturated heterocycles. The number of nitrogens with two attached hydrogens (primary N) is 1. The van der Waals surface area contributed by atoms with Crippen molar-refractivity contribution in [3.05, 3.63) is 12.1 Å². The van der Waals surface area contributed by atoms with Gasteiger partial charge < -0.3 is 16.2 Å². The second-order valence-electron chi connectivity index (χ2n) is 3.83. The minimum atomic E-state index is 0.141. The van der Waals surface area contributed by atoms with Crippen LogP contribution in [-0.2, 0) is 0 Å². The van der Waals surface area contributed by atoms with Crippen molar-refractivity contribution in [3.63, 3.8) is 0 Å². The first kappa shape index (κ1) is 10.7. The van der Waals surface area contributed by atoms with Crippen LogP contribution in [0.5, 0.6) is 0 Å². The molecule has 1 unspecified atom stereocenters. The van der Waals surface area contributed by atoms with E-state index in [1.54, 1.807) is 6.07 Å². The maximum atomic E-state index is 8.92. The first-order chi connectivity index (χ1) is 7.72. The molecule has 16 heavy (non-hydrogen) atoms. The summed E-state index contributed by atoms with van der Waals surface area (Å²) in [5.41, 5.74) is 8.24. The molecular formula is C10H14N4O2. The molecule has 4 N–H and O–H groups in total. The standard InChI is InChI=1S/C10H14N4O2/c1-6(5-15)4-12-8-3-2-7(11)9-10(8)14-16-13-9/h2-3,6,12,15H,4-5,11H2,1H3. The molecule has 1 atom stereocenters. The van der Waals surface area contributed by atoms with Crippen molar-refractivity contribution in [3.8, 4) is 0 Å². The van der Waals surface area contributed by atoms with Crippen LogP contribution in [0.2, 0.25) is 0 Å². The fraction of sp³-hybridized carbons (Fsp3) is 0.400. The summed E-state index contributed by atoms with van der Waals surface area (Å²) in [6, 6.07) is 3.57. The van der Waals surface area contributed by atoms with Gasteiger partial charge in [-0.2, -0.15) is 0 Å². The summed E-state index contributed by atoms with van der Waals surface area (Å²) in [4.78, 5) is 0. The van der Waals surface area contributed by atoms with Gasteiger partial charge in [-0.3, -0.25) is 0 Å². The summed E-state index contributed by atoms with van der Waals surface area (Å²) >= 11 is 0. The zero-order valence-corrected chi connectivity index (χ0v) is 8.97. The van der Waals surface area contributed by atoms with Crippen molar-refractivity contribution < 1.29 is 9.74 Å². The molecule has 0 aliphatic heterocycles. The molecule has 0 fully saturated rings. The number of hydrogen-bond acceptors (Lipinski definition) is 6. The lowest BCUT2D eigenvalue weighted by molar-refractivity contribution is 0.244. The van der Waals surface area contributed by atoms with Crippen molar-refractivity contribution >= 4 is 22.4 Å². The van der Waals surface area contributed by atoms with Crippen LogP contribution in [0.25, 0.3) is 11.0 Å².